The van der Waals surface area contributed by atoms with Gasteiger partial charge in [0, 0.05) is 50.7 Å². The van der Waals surface area contributed by atoms with Gasteiger partial charge in [0.15, 0.2) is 0 Å². The second-order valence-electron chi connectivity index (χ2n) is 9.38. The van der Waals surface area contributed by atoms with Crippen LogP contribution < -0.4 is 9.64 Å². The Balaban J connectivity index is 1.23. The molecule has 3 heterocycles. The lowest BCUT2D eigenvalue weighted by Crippen LogP contribution is -2.56. The third-order valence-corrected chi connectivity index (χ3v) is 7.14. The van der Waals surface area contributed by atoms with Crippen molar-refractivity contribution in [2.45, 2.75) is 31.8 Å². The van der Waals surface area contributed by atoms with Gasteiger partial charge in [0.05, 0.1) is 13.2 Å². The molecule has 7 nitrogen and oxygen atoms in total. The molecule has 5 rings (SSSR count). The number of nitrogens with zero attached hydrogens (tertiary/aromatic N) is 5. The topological polar surface area (TPSA) is 61.8 Å². The van der Waals surface area contributed by atoms with Crippen LogP contribution in [-0.2, 0) is 11.3 Å². The lowest BCUT2D eigenvalue weighted by molar-refractivity contribution is -0.138. The van der Waals surface area contributed by atoms with Crippen molar-refractivity contribution in [2.75, 3.05) is 44.7 Å². The summed E-state index contributed by atoms with van der Waals surface area (Å²) in [6, 6.07) is 14.4. The number of piperazine rings is 1. The molecule has 3 aromatic rings. The quantitative estimate of drug-likeness (QED) is 0.522. The molecule has 2 saturated heterocycles. The number of carbonyl (C=O) groups excluding carboxylic acids is 1. The average Bonchev–Trinajstić information content (AvgIpc) is 2.94. The Hall–Kier alpha value is -3.52. The summed E-state index contributed by atoms with van der Waals surface area (Å²) in [4.78, 5) is 28.7. The van der Waals surface area contributed by atoms with E-state index in [1.807, 2.05) is 23.1 Å². The Kier molecular flexibility index (Phi) is 7.41. The second-order valence-corrected chi connectivity index (χ2v) is 9.38. The molecule has 2 aromatic carbocycles. The van der Waals surface area contributed by atoms with E-state index in [9.17, 15) is 9.18 Å². The van der Waals surface area contributed by atoms with Gasteiger partial charge in [-0.25, -0.2) is 14.4 Å². The zero-order valence-corrected chi connectivity index (χ0v) is 20.6. The van der Waals surface area contributed by atoms with Crippen molar-refractivity contribution >= 4 is 11.9 Å². The number of hydrogen-bond donors (Lipinski definition) is 0. The summed E-state index contributed by atoms with van der Waals surface area (Å²) in [6.45, 7) is 4.49. The molecule has 0 radical (unpaired) electrons. The van der Waals surface area contributed by atoms with Crippen LogP contribution in [0.5, 0.6) is 5.75 Å². The van der Waals surface area contributed by atoms with E-state index in [4.69, 9.17) is 4.74 Å². The molecule has 2 fully saturated rings. The lowest BCUT2D eigenvalue weighted by atomic mass is 9.98. The number of likely N-dealkylation sites (tertiary alicyclic amines) is 1. The molecule has 1 aromatic heterocycles. The first-order chi connectivity index (χ1) is 17.6. The van der Waals surface area contributed by atoms with E-state index in [0.717, 1.165) is 68.1 Å². The molecule has 8 heteroatoms. The van der Waals surface area contributed by atoms with E-state index in [1.54, 1.807) is 25.6 Å². The summed E-state index contributed by atoms with van der Waals surface area (Å²) in [5.41, 5.74) is 2.77. The van der Waals surface area contributed by atoms with Crippen molar-refractivity contribution in [3.63, 3.8) is 0 Å². The summed E-state index contributed by atoms with van der Waals surface area (Å²) in [6.07, 6.45) is 6.56. The Morgan fingerprint density at radius 1 is 1.00 bits per heavy atom. The van der Waals surface area contributed by atoms with Gasteiger partial charge in [-0.1, -0.05) is 30.7 Å². The summed E-state index contributed by atoms with van der Waals surface area (Å²) in [5, 5.41) is 0. The van der Waals surface area contributed by atoms with Crippen LogP contribution in [0.15, 0.2) is 60.9 Å². The van der Waals surface area contributed by atoms with Crippen LogP contribution >= 0.6 is 0 Å². The minimum Gasteiger partial charge on any atom is -0.496 e. The number of amides is 1. The fraction of sp³-hybridized carbons (Fsp3) is 0.393. The molecule has 2 aliphatic rings. The summed E-state index contributed by atoms with van der Waals surface area (Å²) >= 11 is 0. The maximum Gasteiger partial charge on any atom is 0.240 e. The third-order valence-electron chi connectivity index (χ3n) is 7.14. The van der Waals surface area contributed by atoms with Crippen molar-refractivity contribution in [3.05, 3.63) is 72.3 Å². The number of methoxy groups -OCH3 is 1. The van der Waals surface area contributed by atoms with Gasteiger partial charge in [0.25, 0.3) is 0 Å². The number of benzene rings is 2. The first-order valence-corrected chi connectivity index (χ1v) is 12.6. The predicted octanol–water partition coefficient (Wildman–Crippen LogP) is 3.99. The lowest BCUT2D eigenvalue weighted by Gasteiger charge is -2.41. The molecule has 0 aliphatic carbocycles. The minimum atomic E-state index is -0.290. The maximum absolute atomic E-state index is 13.8. The zero-order valence-electron chi connectivity index (χ0n) is 20.6. The summed E-state index contributed by atoms with van der Waals surface area (Å²) in [5.74, 6) is 1.30. The van der Waals surface area contributed by atoms with Gasteiger partial charge >= 0.3 is 0 Å². The average molecular weight is 490 g/mol. The first-order valence-electron chi connectivity index (χ1n) is 12.6. The Bertz CT molecular complexity index is 1170. The van der Waals surface area contributed by atoms with E-state index in [2.05, 4.69) is 31.9 Å². The molecule has 1 unspecified atom stereocenters. The number of ether oxygens (including phenoxy) is 1. The van der Waals surface area contributed by atoms with Gasteiger partial charge in [-0.3, -0.25) is 9.69 Å². The fourth-order valence-electron chi connectivity index (χ4n) is 5.18. The van der Waals surface area contributed by atoms with Gasteiger partial charge in [-0.05, 0) is 54.8 Å². The van der Waals surface area contributed by atoms with Gasteiger partial charge in [-0.15, -0.1) is 0 Å². The normalized spacial score (nSPS) is 18.8. The van der Waals surface area contributed by atoms with Gasteiger partial charge in [0.1, 0.15) is 11.6 Å². The number of aromatic nitrogens is 2. The van der Waals surface area contributed by atoms with E-state index in [-0.39, 0.29) is 17.8 Å². The molecule has 0 N–H and O–H groups in total. The van der Waals surface area contributed by atoms with Gasteiger partial charge in [0.2, 0.25) is 11.9 Å². The van der Waals surface area contributed by atoms with E-state index < -0.39 is 0 Å². The highest BCUT2D eigenvalue weighted by Crippen LogP contribution is 2.31. The van der Waals surface area contributed by atoms with E-state index in [1.165, 1.54) is 12.1 Å². The van der Waals surface area contributed by atoms with Crippen molar-refractivity contribution in [2.24, 2.45) is 0 Å². The SMILES string of the molecule is COc1ccc(F)cc1-c1ccc(CN2CCCCC2C(=O)N2CCN(c3ncccn3)CC2)cc1. The monoisotopic (exact) mass is 489 g/mol. The van der Waals surface area contributed by atoms with E-state index >= 15 is 0 Å². The molecule has 188 valence electrons. The summed E-state index contributed by atoms with van der Waals surface area (Å²) < 4.78 is 19.2. The number of piperidine rings is 1. The number of halogens is 1. The molecule has 0 bridgehead atoms. The molecule has 2 aliphatic heterocycles. The van der Waals surface area contributed by atoms with Crippen LogP contribution in [0, 0.1) is 5.82 Å². The highest BCUT2D eigenvalue weighted by molar-refractivity contribution is 5.82. The molecule has 0 spiro atoms. The second kappa shape index (κ2) is 11.0. The molecular weight excluding hydrogens is 457 g/mol. The third kappa shape index (κ3) is 5.33. The molecular formula is C28H32FN5O2. The Morgan fingerprint density at radius 3 is 2.47 bits per heavy atom. The number of anilines is 1. The van der Waals surface area contributed by atoms with Gasteiger partial charge < -0.3 is 14.5 Å². The number of rotatable bonds is 6. The van der Waals surface area contributed by atoms with Crippen molar-refractivity contribution < 1.29 is 13.9 Å². The van der Waals surface area contributed by atoms with Crippen LogP contribution in [0.25, 0.3) is 11.1 Å². The van der Waals surface area contributed by atoms with Crippen LogP contribution in [0.3, 0.4) is 0 Å². The number of hydrogen-bond acceptors (Lipinski definition) is 6. The summed E-state index contributed by atoms with van der Waals surface area (Å²) in [7, 11) is 1.59. The highest BCUT2D eigenvalue weighted by Gasteiger charge is 2.33. The Labute approximate surface area is 211 Å². The van der Waals surface area contributed by atoms with Crippen molar-refractivity contribution in [1.29, 1.82) is 0 Å². The molecule has 1 atom stereocenters. The zero-order chi connectivity index (χ0) is 24.9. The fourth-order valence-corrected chi connectivity index (χ4v) is 5.18. The first kappa shape index (κ1) is 24.2. The van der Waals surface area contributed by atoms with Crippen molar-refractivity contribution in [1.82, 2.24) is 19.8 Å². The minimum absolute atomic E-state index is 0.0961. The largest absolute Gasteiger partial charge is 0.496 e. The van der Waals surface area contributed by atoms with Crippen LogP contribution in [0.4, 0.5) is 10.3 Å². The maximum atomic E-state index is 13.8. The van der Waals surface area contributed by atoms with Crippen LogP contribution in [-0.4, -0.2) is 71.6 Å². The number of carbonyl (C=O) groups is 1. The predicted molar refractivity (Wildman–Crippen MR) is 137 cm³/mol. The molecule has 0 saturated carbocycles. The molecule has 36 heavy (non-hydrogen) atoms. The van der Waals surface area contributed by atoms with Crippen molar-refractivity contribution in [3.8, 4) is 16.9 Å². The Morgan fingerprint density at radius 2 is 1.75 bits per heavy atom. The van der Waals surface area contributed by atoms with Crippen LogP contribution in [0.2, 0.25) is 0 Å². The smallest absolute Gasteiger partial charge is 0.240 e. The van der Waals surface area contributed by atoms with E-state index in [0.29, 0.717) is 18.8 Å². The standard InChI is InChI=1S/C28H32FN5O2/c1-36-26-11-10-23(29)19-24(26)22-8-6-21(7-9-22)20-34-14-3-2-5-25(34)27(35)32-15-17-33(18-16-32)28-30-12-4-13-31-28/h4,6-13,19,25H,2-3,5,14-18,20H2,1H3. The highest BCUT2D eigenvalue weighted by atomic mass is 19.1. The van der Waals surface area contributed by atoms with Crippen LogP contribution in [0.1, 0.15) is 24.8 Å². The van der Waals surface area contributed by atoms with Gasteiger partial charge in [-0.2, -0.15) is 0 Å². The molecule has 1 amide bonds.